The number of aliphatic hydroxyl groups excluding tert-OH is 1. The maximum Gasteiger partial charge on any atom is 0.0933 e. The van der Waals surface area contributed by atoms with Gasteiger partial charge in [-0.15, -0.1) is 0 Å². The third-order valence-electron chi connectivity index (χ3n) is 2.12. The Morgan fingerprint density at radius 2 is 2.54 bits per heavy atom. The van der Waals surface area contributed by atoms with Crippen molar-refractivity contribution in [3.63, 3.8) is 0 Å². The summed E-state index contributed by atoms with van der Waals surface area (Å²) < 4.78 is 0. The van der Waals surface area contributed by atoms with E-state index in [-0.39, 0.29) is 6.73 Å². The van der Waals surface area contributed by atoms with E-state index >= 15 is 0 Å². The van der Waals surface area contributed by atoms with Gasteiger partial charge < -0.3 is 5.11 Å². The van der Waals surface area contributed by atoms with Crippen LogP contribution in [0.2, 0.25) is 0 Å². The van der Waals surface area contributed by atoms with Gasteiger partial charge in [0.15, 0.2) is 0 Å². The molecule has 2 unspecified atom stereocenters. The zero-order chi connectivity index (χ0) is 9.68. The predicted octanol–water partition coefficient (Wildman–Crippen LogP) is 1.95. The molecular weight excluding hydrogens is 230 g/mol. The van der Waals surface area contributed by atoms with E-state index in [9.17, 15) is 0 Å². The zero-order valence-electron chi connectivity index (χ0n) is 7.83. The maximum atomic E-state index is 8.66. The van der Waals surface area contributed by atoms with Gasteiger partial charge in [-0.25, -0.2) is 0 Å². The Balaban J connectivity index is 2.36. The minimum atomic E-state index is 0.0576. The Kier molecular flexibility index (Phi) is 4.70. The first kappa shape index (κ1) is 11.0. The van der Waals surface area contributed by atoms with Gasteiger partial charge in [0.25, 0.3) is 0 Å². The summed E-state index contributed by atoms with van der Waals surface area (Å²) in [4.78, 5) is 0.480. The van der Waals surface area contributed by atoms with Crippen molar-refractivity contribution in [3.8, 4) is 0 Å². The second kappa shape index (κ2) is 5.58. The second-order valence-electron chi connectivity index (χ2n) is 3.40. The minimum absolute atomic E-state index is 0.0576. The molecule has 1 aliphatic carbocycles. The first-order valence-electron chi connectivity index (χ1n) is 4.57. The SMILES string of the molecule is CC(CC1=CC=CC(Br)C1)NCO. The van der Waals surface area contributed by atoms with Gasteiger partial charge in [-0.3, -0.25) is 5.32 Å². The van der Waals surface area contributed by atoms with Gasteiger partial charge in [-0.05, 0) is 19.8 Å². The average Bonchev–Trinajstić information content (AvgIpc) is 2.04. The van der Waals surface area contributed by atoms with Crippen LogP contribution in [0.15, 0.2) is 23.8 Å². The summed E-state index contributed by atoms with van der Waals surface area (Å²) in [5.74, 6) is 0. The highest BCUT2D eigenvalue weighted by Crippen LogP contribution is 2.22. The summed E-state index contributed by atoms with van der Waals surface area (Å²) in [7, 11) is 0. The number of allylic oxidation sites excluding steroid dienone is 3. The smallest absolute Gasteiger partial charge is 0.0933 e. The van der Waals surface area contributed by atoms with Gasteiger partial charge in [0, 0.05) is 10.9 Å². The summed E-state index contributed by atoms with van der Waals surface area (Å²) in [6, 6.07) is 0.349. The molecule has 0 fully saturated rings. The standard InChI is InChI=1S/C10H16BrNO/c1-8(12-7-13)5-9-3-2-4-10(11)6-9/h2-4,8,10,12-13H,5-7H2,1H3. The van der Waals surface area contributed by atoms with E-state index in [2.05, 4.69) is 46.4 Å². The number of aliphatic hydroxyl groups is 1. The fourth-order valence-electron chi connectivity index (χ4n) is 1.47. The van der Waals surface area contributed by atoms with Crippen LogP contribution in [0.1, 0.15) is 19.8 Å². The molecule has 13 heavy (non-hydrogen) atoms. The molecule has 0 aromatic rings. The Hall–Kier alpha value is -0.120. The second-order valence-corrected chi connectivity index (χ2v) is 4.57. The number of rotatable bonds is 4. The van der Waals surface area contributed by atoms with Crippen LogP contribution in [0.3, 0.4) is 0 Å². The van der Waals surface area contributed by atoms with Crippen LogP contribution in [0.5, 0.6) is 0 Å². The molecule has 0 spiro atoms. The summed E-state index contributed by atoms with van der Waals surface area (Å²) in [5.41, 5.74) is 1.43. The Labute approximate surface area is 87.9 Å². The van der Waals surface area contributed by atoms with Crippen molar-refractivity contribution >= 4 is 15.9 Å². The molecule has 0 saturated heterocycles. The highest BCUT2D eigenvalue weighted by Gasteiger charge is 2.10. The molecule has 3 heteroatoms. The number of alkyl halides is 1. The summed E-state index contributed by atoms with van der Waals surface area (Å²) in [6.07, 6.45) is 8.48. The van der Waals surface area contributed by atoms with Crippen LogP contribution >= 0.6 is 15.9 Å². The van der Waals surface area contributed by atoms with Crippen LogP contribution in [0.4, 0.5) is 0 Å². The Bertz CT molecular complexity index is 213. The maximum absolute atomic E-state index is 8.66. The highest BCUT2D eigenvalue weighted by molar-refractivity contribution is 9.09. The lowest BCUT2D eigenvalue weighted by molar-refractivity contribution is 0.244. The molecule has 0 aromatic carbocycles. The number of nitrogens with one attached hydrogen (secondary N) is 1. The Morgan fingerprint density at radius 1 is 1.77 bits per heavy atom. The minimum Gasteiger partial charge on any atom is -0.381 e. The number of hydrogen-bond donors (Lipinski definition) is 2. The molecule has 0 aliphatic heterocycles. The van der Waals surface area contributed by atoms with Crippen molar-refractivity contribution in [2.75, 3.05) is 6.73 Å². The molecular formula is C10H16BrNO. The van der Waals surface area contributed by atoms with E-state index in [1.54, 1.807) is 0 Å². The molecule has 0 saturated carbocycles. The van der Waals surface area contributed by atoms with E-state index in [1.165, 1.54) is 5.57 Å². The molecule has 0 amide bonds. The van der Waals surface area contributed by atoms with E-state index in [1.807, 2.05) is 0 Å². The topological polar surface area (TPSA) is 32.3 Å². The first-order valence-corrected chi connectivity index (χ1v) is 5.48. The first-order chi connectivity index (χ1) is 6.22. The van der Waals surface area contributed by atoms with Crippen molar-refractivity contribution in [2.24, 2.45) is 0 Å². The largest absolute Gasteiger partial charge is 0.381 e. The summed E-state index contributed by atoms with van der Waals surface area (Å²) >= 11 is 3.56. The monoisotopic (exact) mass is 245 g/mol. The van der Waals surface area contributed by atoms with E-state index in [0.29, 0.717) is 10.9 Å². The van der Waals surface area contributed by atoms with E-state index in [4.69, 9.17) is 5.11 Å². The van der Waals surface area contributed by atoms with Gasteiger partial charge in [0.05, 0.1) is 6.73 Å². The number of halogens is 1. The lowest BCUT2D eigenvalue weighted by Crippen LogP contribution is -2.27. The molecule has 0 bridgehead atoms. The van der Waals surface area contributed by atoms with Gasteiger partial charge in [0.2, 0.25) is 0 Å². The average molecular weight is 246 g/mol. The fraction of sp³-hybridized carbons (Fsp3) is 0.600. The van der Waals surface area contributed by atoms with Crippen molar-refractivity contribution in [3.05, 3.63) is 23.8 Å². The quantitative estimate of drug-likeness (QED) is 0.587. The highest BCUT2D eigenvalue weighted by atomic mass is 79.9. The van der Waals surface area contributed by atoms with Crippen molar-refractivity contribution in [2.45, 2.75) is 30.6 Å². The van der Waals surface area contributed by atoms with Crippen LogP contribution in [0, 0.1) is 0 Å². The molecule has 1 aliphatic rings. The van der Waals surface area contributed by atoms with Gasteiger partial charge in [-0.1, -0.05) is 39.7 Å². The van der Waals surface area contributed by atoms with E-state index in [0.717, 1.165) is 12.8 Å². The molecule has 2 N–H and O–H groups in total. The normalized spacial score (nSPS) is 24.2. The summed E-state index contributed by atoms with van der Waals surface area (Å²) in [6.45, 7) is 2.14. The molecule has 2 atom stereocenters. The Morgan fingerprint density at radius 3 is 3.15 bits per heavy atom. The van der Waals surface area contributed by atoms with E-state index < -0.39 is 0 Å². The third-order valence-corrected chi connectivity index (χ3v) is 2.75. The van der Waals surface area contributed by atoms with Crippen molar-refractivity contribution in [1.29, 1.82) is 0 Å². The molecule has 0 heterocycles. The zero-order valence-corrected chi connectivity index (χ0v) is 9.42. The van der Waals surface area contributed by atoms with Crippen molar-refractivity contribution < 1.29 is 5.11 Å². The van der Waals surface area contributed by atoms with Crippen LogP contribution in [-0.4, -0.2) is 22.7 Å². The third kappa shape index (κ3) is 4.07. The molecule has 74 valence electrons. The predicted molar refractivity (Wildman–Crippen MR) is 58.9 cm³/mol. The molecule has 2 nitrogen and oxygen atoms in total. The lowest BCUT2D eigenvalue weighted by Gasteiger charge is -2.17. The summed E-state index contributed by atoms with van der Waals surface area (Å²) in [5, 5.41) is 11.6. The van der Waals surface area contributed by atoms with Crippen LogP contribution < -0.4 is 5.32 Å². The van der Waals surface area contributed by atoms with Gasteiger partial charge in [0.1, 0.15) is 0 Å². The lowest BCUT2D eigenvalue weighted by atomic mass is 9.99. The molecule has 0 radical (unpaired) electrons. The molecule has 0 aromatic heterocycles. The van der Waals surface area contributed by atoms with Gasteiger partial charge in [-0.2, -0.15) is 0 Å². The van der Waals surface area contributed by atoms with Gasteiger partial charge >= 0.3 is 0 Å². The fourth-order valence-corrected chi connectivity index (χ4v) is 2.06. The number of hydrogen-bond acceptors (Lipinski definition) is 2. The molecule has 1 rings (SSSR count). The van der Waals surface area contributed by atoms with Crippen molar-refractivity contribution in [1.82, 2.24) is 5.32 Å². The van der Waals surface area contributed by atoms with Crippen LogP contribution in [-0.2, 0) is 0 Å². The van der Waals surface area contributed by atoms with Crippen LogP contribution in [0.25, 0.3) is 0 Å².